The lowest BCUT2D eigenvalue weighted by Gasteiger charge is -2.22. The number of aromatic nitrogens is 2. The van der Waals surface area contributed by atoms with E-state index >= 15 is 0 Å². The summed E-state index contributed by atoms with van der Waals surface area (Å²) in [6.07, 6.45) is -2.01. The van der Waals surface area contributed by atoms with Crippen LogP contribution < -0.4 is 10.6 Å². The first-order valence-electron chi connectivity index (χ1n) is 14.1. The molecule has 3 N–H and O–H groups in total. The first kappa shape index (κ1) is 30.2. The third kappa shape index (κ3) is 7.06. The van der Waals surface area contributed by atoms with E-state index in [0.717, 1.165) is 41.2 Å². The summed E-state index contributed by atoms with van der Waals surface area (Å²) < 4.78 is 42.2. The summed E-state index contributed by atoms with van der Waals surface area (Å²) in [5.41, 5.74) is 3.52. The van der Waals surface area contributed by atoms with Crippen molar-refractivity contribution in [2.45, 2.75) is 45.6 Å². The van der Waals surface area contributed by atoms with E-state index < -0.39 is 17.6 Å². The fourth-order valence-electron chi connectivity index (χ4n) is 5.38. The molecule has 1 amide bonds. The van der Waals surface area contributed by atoms with E-state index in [-0.39, 0.29) is 23.5 Å². The molecule has 0 aliphatic carbocycles. The molecule has 1 saturated heterocycles. The molecule has 0 bridgehead atoms. The molecule has 5 rings (SSSR count). The van der Waals surface area contributed by atoms with Crippen LogP contribution in [-0.2, 0) is 19.3 Å². The number of anilines is 2. The number of benzene rings is 2. The summed E-state index contributed by atoms with van der Waals surface area (Å²) >= 11 is 0. The number of carbonyl (C=O) groups excluding carboxylic acids is 2. The quantitative estimate of drug-likeness (QED) is 0.204. The molecule has 0 spiro atoms. The number of H-pyrrole nitrogens is 1. The van der Waals surface area contributed by atoms with E-state index in [1.807, 2.05) is 38.1 Å². The van der Waals surface area contributed by atoms with Gasteiger partial charge in [-0.3, -0.25) is 14.5 Å². The van der Waals surface area contributed by atoms with Gasteiger partial charge < -0.3 is 20.5 Å². The Hall–Kier alpha value is -4.22. The standard InChI is InChI=1S/C32H35F3N6O2/c1-19-5-8-25(12-24(19)15-36-26-11-23-14-29(20(2)42)39-30(23)37-16-26)38-31(43)21-6-7-22(28(13-21)32(33,34)35)17-41-10-9-27(18-41)40(3)4/h5-8,11-14,16,27,36H,9-10,15,17-18H2,1-4H3,(H,37,39)(H,38,43)/t27-/m0/s1. The number of nitrogens with zero attached hydrogens (tertiary/aromatic N) is 3. The number of pyridine rings is 1. The number of fused-ring (bicyclic) bond motifs is 1. The maximum absolute atomic E-state index is 14.1. The summed E-state index contributed by atoms with van der Waals surface area (Å²) in [7, 11) is 3.95. The van der Waals surface area contributed by atoms with Crippen LogP contribution in [0.5, 0.6) is 0 Å². The van der Waals surface area contributed by atoms with Gasteiger partial charge in [0.1, 0.15) is 5.65 Å². The summed E-state index contributed by atoms with van der Waals surface area (Å²) in [4.78, 5) is 36.2. The number of hydrogen-bond donors (Lipinski definition) is 3. The molecule has 2 aromatic carbocycles. The molecule has 4 aromatic rings. The minimum Gasteiger partial charge on any atom is -0.380 e. The van der Waals surface area contributed by atoms with Crippen molar-refractivity contribution >= 4 is 34.1 Å². The van der Waals surface area contributed by atoms with Crippen LogP contribution in [0.25, 0.3) is 11.0 Å². The van der Waals surface area contributed by atoms with Gasteiger partial charge in [-0.1, -0.05) is 12.1 Å². The van der Waals surface area contributed by atoms with Crippen molar-refractivity contribution in [2.24, 2.45) is 0 Å². The Kier molecular flexibility index (Phi) is 8.57. The number of likely N-dealkylation sites (tertiary alicyclic amines) is 1. The zero-order valence-electron chi connectivity index (χ0n) is 24.6. The molecule has 11 heteroatoms. The number of ketones is 1. The van der Waals surface area contributed by atoms with Gasteiger partial charge in [0, 0.05) is 55.8 Å². The van der Waals surface area contributed by atoms with Crippen molar-refractivity contribution in [3.05, 3.63) is 88.2 Å². The Labute approximate surface area is 248 Å². The maximum Gasteiger partial charge on any atom is 0.416 e. The van der Waals surface area contributed by atoms with Gasteiger partial charge >= 0.3 is 6.18 Å². The smallest absolute Gasteiger partial charge is 0.380 e. The lowest BCUT2D eigenvalue weighted by Crippen LogP contribution is -2.31. The number of likely N-dealkylation sites (N-methyl/N-ethyl adjacent to an activating group) is 1. The maximum atomic E-state index is 14.1. The van der Waals surface area contributed by atoms with Gasteiger partial charge in [-0.25, -0.2) is 4.98 Å². The monoisotopic (exact) mass is 592 g/mol. The highest BCUT2D eigenvalue weighted by Gasteiger charge is 2.35. The van der Waals surface area contributed by atoms with Crippen molar-refractivity contribution in [1.29, 1.82) is 0 Å². The lowest BCUT2D eigenvalue weighted by molar-refractivity contribution is -0.138. The molecule has 0 unspecified atom stereocenters. The molecule has 8 nitrogen and oxygen atoms in total. The molecule has 1 aliphatic rings. The van der Waals surface area contributed by atoms with E-state index in [1.165, 1.54) is 19.1 Å². The first-order valence-corrected chi connectivity index (χ1v) is 14.1. The highest BCUT2D eigenvalue weighted by atomic mass is 19.4. The summed E-state index contributed by atoms with van der Waals surface area (Å²) in [6, 6.07) is 13.1. The lowest BCUT2D eigenvalue weighted by atomic mass is 10.0. The summed E-state index contributed by atoms with van der Waals surface area (Å²) in [6.45, 7) is 5.45. The number of halogens is 3. The van der Waals surface area contributed by atoms with E-state index in [4.69, 9.17) is 0 Å². The van der Waals surface area contributed by atoms with Gasteiger partial charge in [-0.15, -0.1) is 0 Å². The number of rotatable bonds is 9. The fourth-order valence-corrected chi connectivity index (χ4v) is 5.38. The SMILES string of the molecule is CC(=O)c1cc2cc(NCc3cc(NC(=O)c4ccc(CN5CC[C@H](N(C)C)C5)c(C(F)(F)F)c4)ccc3C)cnc2[nH]1. The number of carbonyl (C=O) groups is 2. The van der Waals surface area contributed by atoms with Gasteiger partial charge in [-0.2, -0.15) is 13.2 Å². The second-order valence-corrected chi connectivity index (χ2v) is 11.4. The highest BCUT2D eigenvalue weighted by molar-refractivity contribution is 6.04. The number of alkyl halides is 3. The molecule has 0 radical (unpaired) electrons. The number of aryl methyl sites for hydroxylation is 1. The molecule has 0 saturated carbocycles. The molecule has 3 heterocycles. The van der Waals surface area contributed by atoms with Crippen molar-refractivity contribution in [3.8, 4) is 0 Å². The normalized spacial score (nSPS) is 15.8. The molecule has 43 heavy (non-hydrogen) atoms. The molecular weight excluding hydrogens is 557 g/mol. The predicted octanol–water partition coefficient (Wildman–Crippen LogP) is 6.09. The van der Waals surface area contributed by atoms with Crippen LogP contribution >= 0.6 is 0 Å². The summed E-state index contributed by atoms with van der Waals surface area (Å²) in [5, 5.41) is 6.86. The van der Waals surface area contributed by atoms with Crippen molar-refractivity contribution < 1.29 is 22.8 Å². The number of nitrogens with one attached hydrogen (secondary N) is 3. The van der Waals surface area contributed by atoms with Crippen LogP contribution in [0.3, 0.4) is 0 Å². The Morgan fingerprint density at radius 1 is 1.07 bits per heavy atom. The predicted molar refractivity (Wildman–Crippen MR) is 161 cm³/mol. The number of Topliss-reactive ketones (excluding diaryl/α,β-unsaturated/α-hetero) is 1. The van der Waals surface area contributed by atoms with Gasteiger partial charge in [0.05, 0.1) is 23.1 Å². The Bertz CT molecular complexity index is 1660. The minimum absolute atomic E-state index is 0.0558. The van der Waals surface area contributed by atoms with E-state index in [9.17, 15) is 22.8 Å². The van der Waals surface area contributed by atoms with E-state index in [1.54, 1.807) is 24.4 Å². The van der Waals surface area contributed by atoms with Gasteiger partial charge in [0.2, 0.25) is 0 Å². The van der Waals surface area contributed by atoms with Crippen molar-refractivity contribution in [3.63, 3.8) is 0 Å². The topological polar surface area (TPSA) is 93.4 Å². The first-order chi connectivity index (χ1) is 20.4. The number of amides is 1. The van der Waals surface area contributed by atoms with Gasteiger partial charge in [0.25, 0.3) is 5.91 Å². The largest absolute Gasteiger partial charge is 0.416 e. The van der Waals surface area contributed by atoms with Crippen molar-refractivity contribution in [1.82, 2.24) is 19.8 Å². The zero-order chi connectivity index (χ0) is 30.9. The Morgan fingerprint density at radius 2 is 1.86 bits per heavy atom. The van der Waals surface area contributed by atoms with Crippen LogP contribution in [0.15, 0.2) is 54.7 Å². The minimum atomic E-state index is -4.58. The molecule has 2 aromatic heterocycles. The molecular formula is C32H35F3N6O2. The van der Waals surface area contributed by atoms with Crippen LogP contribution in [-0.4, -0.2) is 64.7 Å². The second kappa shape index (κ2) is 12.2. The molecule has 1 atom stereocenters. The Morgan fingerprint density at radius 3 is 2.56 bits per heavy atom. The number of hydrogen-bond acceptors (Lipinski definition) is 6. The zero-order valence-corrected chi connectivity index (χ0v) is 24.6. The Balaban J connectivity index is 1.28. The molecule has 1 aliphatic heterocycles. The van der Waals surface area contributed by atoms with Crippen LogP contribution in [0.1, 0.15) is 56.4 Å². The van der Waals surface area contributed by atoms with Gasteiger partial charge in [-0.05, 0) is 80.5 Å². The third-order valence-electron chi connectivity index (χ3n) is 7.99. The van der Waals surface area contributed by atoms with Crippen LogP contribution in [0.4, 0.5) is 24.5 Å². The second-order valence-electron chi connectivity index (χ2n) is 11.4. The van der Waals surface area contributed by atoms with Gasteiger partial charge in [0.15, 0.2) is 5.78 Å². The number of aromatic amines is 1. The van der Waals surface area contributed by atoms with Crippen LogP contribution in [0, 0.1) is 6.92 Å². The van der Waals surface area contributed by atoms with E-state index in [2.05, 4.69) is 25.5 Å². The van der Waals surface area contributed by atoms with Crippen molar-refractivity contribution in [2.75, 3.05) is 37.8 Å². The fraction of sp³-hybridized carbons (Fsp3) is 0.344. The third-order valence-corrected chi connectivity index (χ3v) is 7.99. The highest BCUT2D eigenvalue weighted by Crippen LogP contribution is 2.34. The molecule has 226 valence electrons. The van der Waals surface area contributed by atoms with Crippen LogP contribution in [0.2, 0.25) is 0 Å². The average Bonchev–Trinajstić information content (AvgIpc) is 3.60. The summed E-state index contributed by atoms with van der Waals surface area (Å²) in [5.74, 6) is -0.690. The van der Waals surface area contributed by atoms with E-state index in [0.29, 0.717) is 36.2 Å². The molecule has 1 fully saturated rings. The average molecular weight is 593 g/mol.